The second-order valence-corrected chi connectivity index (χ2v) is 9.02. The third-order valence-electron chi connectivity index (χ3n) is 6.65. The van der Waals surface area contributed by atoms with Gasteiger partial charge in [-0.2, -0.15) is 0 Å². The Kier molecular flexibility index (Phi) is 7.15. The summed E-state index contributed by atoms with van der Waals surface area (Å²) < 4.78 is 13.4. The van der Waals surface area contributed by atoms with Crippen molar-refractivity contribution in [1.82, 2.24) is 20.1 Å². The van der Waals surface area contributed by atoms with Gasteiger partial charge in [-0.25, -0.2) is 4.39 Å². The van der Waals surface area contributed by atoms with Gasteiger partial charge in [-0.15, -0.1) is 0 Å². The van der Waals surface area contributed by atoms with E-state index in [-0.39, 0.29) is 23.7 Å². The van der Waals surface area contributed by atoms with E-state index in [2.05, 4.69) is 22.2 Å². The molecule has 170 valence electrons. The number of benzene rings is 1. The number of nitrogens with one attached hydrogen (secondary N) is 1. The first kappa shape index (κ1) is 22.4. The molecule has 1 saturated heterocycles. The SMILES string of the molecule is CN1CCN(C(=O)C[C@H]2CC[C@@H](NC(=O)c3ccc(-c4cccc(F)c4)nc3)CC2)CC1. The number of likely N-dealkylation sites (N-methyl/N-ethyl adjacent to an activating group) is 1. The highest BCUT2D eigenvalue weighted by Gasteiger charge is 2.27. The number of carbonyl (C=O) groups excluding carboxylic acids is 2. The molecule has 6 nitrogen and oxygen atoms in total. The first-order valence-electron chi connectivity index (χ1n) is 11.5. The van der Waals surface area contributed by atoms with E-state index in [1.807, 2.05) is 4.90 Å². The number of piperazine rings is 1. The number of nitrogens with zero attached hydrogens (tertiary/aromatic N) is 3. The first-order valence-corrected chi connectivity index (χ1v) is 11.5. The minimum Gasteiger partial charge on any atom is -0.349 e. The Morgan fingerprint density at radius 3 is 2.47 bits per heavy atom. The quantitative estimate of drug-likeness (QED) is 0.778. The molecule has 2 aliphatic rings. The van der Waals surface area contributed by atoms with Crippen LogP contribution in [0.15, 0.2) is 42.6 Å². The topological polar surface area (TPSA) is 65.5 Å². The van der Waals surface area contributed by atoms with E-state index >= 15 is 0 Å². The smallest absolute Gasteiger partial charge is 0.253 e. The molecule has 0 spiro atoms. The van der Waals surface area contributed by atoms with E-state index in [9.17, 15) is 14.0 Å². The van der Waals surface area contributed by atoms with Gasteiger partial charge in [0.1, 0.15) is 5.82 Å². The molecular weight excluding hydrogens is 407 g/mol. The number of carbonyl (C=O) groups is 2. The molecule has 1 aliphatic heterocycles. The van der Waals surface area contributed by atoms with Gasteiger partial charge >= 0.3 is 0 Å². The van der Waals surface area contributed by atoms with Crippen LogP contribution in [0.2, 0.25) is 0 Å². The predicted octanol–water partition coefficient (Wildman–Crippen LogP) is 3.34. The van der Waals surface area contributed by atoms with Crippen LogP contribution in [0.5, 0.6) is 0 Å². The van der Waals surface area contributed by atoms with Crippen LogP contribution in [-0.2, 0) is 4.79 Å². The van der Waals surface area contributed by atoms with Gasteiger partial charge in [0, 0.05) is 50.4 Å². The fraction of sp³-hybridized carbons (Fsp3) is 0.480. The van der Waals surface area contributed by atoms with Crippen molar-refractivity contribution in [3.05, 3.63) is 54.0 Å². The standard InChI is InChI=1S/C25H31FN4O2/c1-29-11-13-30(14-12-29)24(31)15-18-5-8-22(9-6-18)28-25(32)20-7-10-23(27-17-20)19-3-2-4-21(26)16-19/h2-4,7,10,16-18,22H,5-6,8-9,11-15H2,1H3,(H,28,32)/t18-,22+. The summed E-state index contributed by atoms with van der Waals surface area (Å²) in [5.74, 6) is 0.227. The van der Waals surface area contributed by atoms with Crippen molar-refractivity contribution in [3.63, 3.8) is 0 Å². The molecule has 0 unspecified atom stereocenters. The lowest BCUT2D eigenvalue weighted by atomic mass is 9.83. The van der Waals surface area contributed by atoms with Gasteiger partial charge in [0.05, 0.1) is 11.3 Å². The van der Waals surface area contributed by atoms with E-state index < -0.39 is 0 Å². The number of halogens is 1. The third kappa shape index (κ3) is 5.71. The maximum Gasteiger partial charge on any atom is 0.253 e. The molecule has 2 fully saturated rings. The molecule has 1 aliphatic carbocycles. The second-order valence-electron chi connectivity index (χ2n) is 9.02. The van der Waals surface area contributed by atoms with Gasteiger partial charge in [-0.1, -0.05) is 12.1 Å². The lowest BCUT2D eigenvalue weighted by Gasteiger charge is -2.34. The normalized spacial score (nSPS) is 21.9. The molecule has 1 aromatic carbocycles. The third-order valence-corrected chi connectivity index (χ3v) is 6.65. The Bertz CT molecular complexity index is 933. The highest BCUT2D eigenvalue weighted by Crippen LogP contribution is 2.28. The summed E-state index contributed by atoms with van der Waals surface area (Å²) in [5.41, 5.74) is 1.81. The lowest BCUT2D eigenvalue weighted by Crippen LogP contribution is -2.47. The van der Waals surface area contributed by atoms with Crippen LogP contribution in [0.4, 0.5) is 4.39 Å². The van der Waals surface area contributed by atoms with Crippen molar-refractivity contribution >= 4 is 11.8 Å². The van der Waals surface area contributed by atoms with Crippen LogP contribution < -0.4 is 5.32 Å². The zero-order valence-corrected chi connectivity index (χ0v) is 18.6. The van der Waals surface area contributed by atoms with Crippen molar-refractivity contribution in [2.45, 2.75) is 38.1 Å². The predicted molar refractivity (Wildman–Crippen MR) is 122 cm³/mol. The van der Waals surface area contributed by atoms with E-state index in [4.69, 9.17) is 0 Å². The average molecular weight is 439 g/mol. The van der Waals surface area contributed by atoms with Crippen molar-refractivity contribution in [2.24, 2.45) is 5.92 Å². The minimum absolute atomic E-state index is 0.125. The molecule has 2 heterocycles. The summed E-state index contributed by atoms with van der Waals surface area (Å²) in [6, 6.07) is 9.84. The van der Waals surface area contributed by atoms with Crippen LogP contribution in [-0.4, -0.2) is 65.9 Å². The van der Waals surface area contributed by atoms with Gasteiger partial charge in [-0.05, 0) is 62.9 Å². The second kappa shape index (κ2) is 10.2. The van der Waals surface area contributed by atoms with Crippen LogP contribution >= 0.6 is 0 Å². The molecule has 1 N–H and O–H groups in total. The molecule has 0 bridgehead atoms. The summed E-state index contributed by atoms with van der Waals surface area (Å²) >= 11 is 0. The Hall–Kier alpha value is -2.80. The minimum atomic E-state index is -0.313. The van der Waals surface area contributed by atoms with E-state index in [1.165, 1.54) is 18.3 Å². The van der Waals surface area contributed by atoms with Crippen LogP contribution in [0.25, 0.3) is 11.3 Å². The van der Waals surface area contributed by atoms with E-state index in [0.717, 1.165) is 51.9 Å². The lowest BCUT2D eigenvalue weighted by molar-refractivity contribution is -0.134. The Labute approximate surface area is 188 Å². The summed E-state index contributed by atoms with van der Waals surface area (Å²) in [4.78, 5) is 33.8. The van der Waals surface area contributed by atoms with Gasteiger partial charge in [0.2, 0.25) is 5.91 Å². The first-order chi connectivity index (χ1) is 15.5. The zero-order valence-electron chi connectivity index (χ0n) is 18.6. The fourth-order valence-corrected chi connectivity index (χ4v) is 4.56. The molecule has 0 radical (unpaired) electrons. The number of aromatic nitrogens is 1. The highest BCUT2D eigenvalue weighted by atomic mass is 19.1. The Morgan fingerprint density at radius 2 is 1.81 bits per heavy atom. The van der Waals surface area contributed by atoms with Crippen LogP contribution in [0.3, 0.4) is 0 Å². The summed E-state index contributed by atoms with van der Waals surface area (Å²) in [5, 5.41) is 3.11. The van der Waals surface area contributed by atoms with Gasteiger partial charge in [0.15, 0.2) is 0 Å². The van der Waals surface area contributed by atoms with Crippen molar-refractivity contribution in [1.29, 1.82) is 0 Å². The Balaban J connectivity index is 1.23. The number of hydrogen-bond acceptors (Lipinski definition) is 4. The molecule has 7 heteroatoms. The molecule has 32 heavy (non-hydrogen) atoms. The molecule has 1 saturated carbocycles. The summed E-state index contributed by atoms with van der Waals surface area (Å²) in [7, 11) is 2.09. The van der Waals surface area contributed by atoms with Crippen LogP contribution in [0, 0.1) is 11.7 Å². The van der Waals surface area contributed by atoms with E-state index in [1.54, 1.807) is 24.3 Å². The molecule has 1 aromatic heterocycles. The van der Waals surface area contributed by atoms with Gasteiger partial charge < -0.3 is 15.1 Å². The number of pyridine rings is 1. The summed E-state index contributed by atoms with van der Waals surface area (Å²) in [6.07, 6.45) is 5.86. The fourth-order valence-electron chi connectivity index (χ4n) is 4.56. The average Bonchev–Trinajstić information content (AvgIpc) is 2.81. The van der Waals surface area contributed by atoms with Gasteiger partial charge in [-0.3, -0.25) is 14.6 Å². The maximum atomic E-state index is 13.4. The molecule has 0 atom stereocenters. The highest BCUT2D eigenvalue weighted by molar-refractivity contribution is 5.94. The number of rotatable bonds is 5. The summed E-state index contributed by atoms with van der Waals surface area (Å²) in [6.45, 7) is 3.55. The van der Waals surface area contributed by atoms with E-state index in [0.29, 0.717) is 29.2 Å². The number of amides is 2. The van der Waals surface area contributed by atoms with Gasteiger partial charge in [0.25, 0.3) is 5.91 Å². The molecule has 2 aromatic rings. The van der Waals surface area contributed by atoms with Crippen LogP contribution in [0.1, 0.15) is 42.5 Å². The van der Waals surface area contributed by atoms with Crippen molar-refractivity contribution in [2.75, 3.05) is 33.2 Å². The zero-order chi connectivity index (χ0) is 22.5. The number of hydrogen-bond donors (Lipinski definition) is 1. The van der Waals surface area contributed by atoms with Crippen molar-refractivity contribution < 1.29 is 14.0 Å². The molecule has 2 amide bonds. The monoisotopic (exact) mass is 438 g/mol. The van der Waals surface area contributed by atoms with Crippen molar-refractivity contribution in [3.8, 4) is 11.3 Å². The largest absolute Gasteiger partial charge is 0.349 e. The molecule has 4 rings (SSSR count). The Morgan fingerprint density at radius 1 is 1.06 bits per heavy atom. The molecular formula is C25H31FN4O2. The maximum absolute atomic E-state index is 13.4.